The molecule has 0 unspecified atom stereocenters. The van der Waals surface area contributed by atoms with Crippen molar-refractivity contribution >= 4 is 5.97 Å². The van der Waals surface area contributed by atoms with Crippen molar-refractivity contribution in [1.29, 1.82) is 0 Å². The van der Waals surface area contributed by atoms with Gasteiger partial charge >= 0.3 is 5.97 Å². The highest BCUT2D eigenvalue weighted by Crippen LogP contribution is 2.39. The van der Waals surface area contributed by atoms with Crippen molar-refractivity contribution in [3.05, 3.63) is 29.8 Å². The van der Waals surface area contributed by atoms with Gasteiger partial charge in [0.15, 0.2) is 6.10 Å². The summed E-state index contributed by atoms with van der Waals surface area (Å²) in [5.74, 6) is 0.521. The van der Waals surface area contributed by atoms with Crippen LogP contribution in [0.2, 0.25) is 0 Å². The van der Waals surface area contributed by atoms with Crippen molar-refractivity contribution in [2.75, 3.05) is 13.7 Å². The highest BCUT2D eigenvalue weighted by atomic mass is 16.6. The molecule has 0 aromatic heterocycles. The van der Waals surface area contributed by atoms with E-state index in [0.29, 0.717) is 6.61 Å². The Bertz CT molecular complexity index is 385. The molecule has 1 aliphatic heterocycles. The van der Waals surface area contributed by atoms with Crippen molar-refractivity contribution in [1.82, 2.24) is 0 Å². The molecular weight excluding hydrogens is 220 g/mol. The molecule has 0 radical (unpaired) electrons. The van der Waals surface area contributed by atoms with Crippen molar-refractivity contribution < 1.29 is 19.0 Å². The highest BCUT2D eigenvalue weighted by molar-refractivity contribution is 5.78. The second kappa shape index (κ2) is 5.19. The Morgan fingerprint density at radius 3 is 2.65 bits per heavy atom. The molecule has 0 saturated carbocycles. The first-order chi connectivity index (χ1) is 8.26. The number of carbonyl (C=O) groups excluding carboxylic acids is 1. The molecule has 0 amide bonds. The van der Waals surface area contributed by atoms with Crippen LogP contribution in [0, 0.1) is 0 Å². The largest absolute Gasteiger partial charge is 0.497 e. The van der Waals surface area contributed by atoms with Crippen LogP contribution in [0.25, 0.3) is 0 Å². The van der Waals surface area contributed by atoms with Crippen LogP contribution < -0.4 is 4.74 Å². The molecule has 2 rings (SSSR count). The van der Waals surface area contributed by atoms with E-state index in [1.165, 1.54) is 0 Å². The number of esters is 1. The van der Waals surface area contributed by atoms with Gasteiger partial charge in [-0.1, -0.05) is 19.1 Å². The van der Waals surface area contributed by atoms with Crippen LogP contribution in [-0.4, -0.2) is 25.8 Å². The van der Waals surface area contributed by atoms with E-state index in [0.717, 1.165) is 17.7 Å². The zero-order valence-electron chi connectivity index (χ0n) is 10.0. The maximum atomic E-state index is 11.5. The number of hydrogen-bond acceptors (Lipinski definition) is 4. The molecule has 0 aliphatic carbocycles. The first kappa shape index (κ1) is 11.9. The topological polar surface area (TPSA) is 48.1 Å². The lowest BCUT2D eigenvalue weighted by Crippen LogP contribution is -2.12. The summed E-state index contributed by atoms with van der Waals surface area (Å²) in [6, 6.07) is 7.50. The van der Waals surface area contributed by atoms with Gasteiger partial charge in [0.25, 0.3) is 0 Å². The first-order valence-corrected chi connectivity index (χ1v) is 5.72. The minimum absolute atomic E-state index is 0.162. The van der Waals surface area contributed by atoms with Gasteiger partial charge in [-0.15, -0.1) is 0 Å². The zero-order chi connectivity index (χ0) is 12.3. The third-order valence-corrected chi connectivity index (χ3v) is 2.62. The lowest BCUT2D eigenvalue weighted by Gasteiger charge is -2.01. The fourth-order valence-corrected chi connectivity index (χ4v) is 1.62. The monoisotopic (exact) mass is 236 g/mol. The Morgan fingerprint density at radius 1 is 1.35 bits per heavy atom. The number of rotatable bonds is 5. The number of methoxy groups -OCH3 is 1. The van der Waals surface area contributed by atoms with Crippen LogP contribution in [0.5, 0.6) is 5.75 Å². The van der Waals surface area contributed by atoms with Crippen molar-refractivity contribution in [2.45, 2.75) is 25.6 Å². The first-order valence-electron chi connectivity index (χ1n) is 5.72. The zero-order valence-corrected chi connectivity index (χ0v) is 10.0. The summed E-state index contributed by atoms with van der Waals surface area (Å²) in [5, 5.41) is 0. The molecular formula is C13H16O4. The minimum Gasteiger partial charge on any atom is -0.497 e. The van der Waals surface area contributed by atoms with Gasteiger partial charge in [-0.2, -0.15) is 0 Å². The molecule has 1 heterocycles. The van der Waals surface area contributed by atoms with E-state index in [2.05, 4.69) is 0 Å². The van der Waals surface area contributed by atoms with Crippen LogP contribution in [0.1, 0.15) is 25.0 Å². The van der Waals surface area contributed by atoms with Crippen LogP contribution in [0.3, 0.4) is 0 Å². The molecule has 4 heteroatoms. The number of hydrogen-bond donors (Lipinski definition) is 0. The normalized spacial score (nSPS) is 22.0. The minimum atomic E-state index is -0.435. The van der Waals surface area contributed by atoms with Crippen molar-refractivity contribution in [2.24, 2.45) is 0 Å². The maximum absolute atomic E-state index is 11.5. The van der Waals surface area contributed by atoms with Gasteiger partial charge < -0.3 is 14.2 Å². The van der Waals surface area contributed by atoms with Gasteiger partial charge in [0.05, 0.1) is 13.7 Å². The van der Waals surface area contributed by atoms with E-state index >= 15 is 0 Å². The molecule has 1 aromatic carbocycles. The average molecular weight is 236 g/mol. The Morgan fingerprint density at radius 2 is 2.06 bits per heavy atom. The lowest BCUT2D eigenvalue weighted by molar-refractivity contribution is -0.145. The number of carbonyl (C=O) groups is 1. The molecule has 1 aliphatic rings. The fraction of sp³-hybridized carbons (Fsp3) is 0.462. The van der Waals surface area contributed by atoms with Crippen LogP contribution in [-0.2, 0) is 14.3 Å². The summed E-state index contributed by atoms with van der Waals surface area (Å²) >= 11 is 0. The maximum Gasteiger partial charge on any atom is 0.338 e. The molecule has 1 saturated heterocycles. The van der Waals surface area contributed by atoms with E-state index in [-0.39, 0.29) is 12.1 Å². The van der Waals surface area contributed by atoms with Gasteiger partial charge in [0.2, 0.25) is 0 Å². The highest BCUT2D eigenvalue weighted by Gasteiger charge is 2.47. The van der Waals surface area contributed by atoms with Gasteiger partial charge in [-0.25, -0.2) is 4.79 Å². The summed E-state index contributed by atoms with van der Waals surface area (Å²) < 4.78 is 15.4. The Labute approximate surface area is 100 Å². The summed E-state index contributed by atoms with van der Waals surface area (Å²) in [6.07, 6.45) is 0.228. The molecule has 0 spiro atoms. The standard InChI is InChI=1S/C13H16O4/c1-3-8-16-13(14)12-11(17-12)9-4-6-10(15-2)7-5-9/h4-7,11-12H,3,8H2,1-2H3/t11-,12-/m1/s1. The summed E-state index contributed by atoms with van der Waals surface area (Å²) in [5.41, 5.74) is 0.976. The predicted molar refractivity (Wildman–Crippen MR) is 61.9 cm³/mol. The van der Waals surface area contributed by atoms with Gasteiger partial charge in [-0.05, 0) is 24.1 Å². The van der Waals surface area contributed by atoms with Crippen molar-refractivity contribution in [3.63, 3.8) is 0 Å². The second-order valence-electron chi connectivity index (χ2n) is 3.92. The summed E-state index contributed by atoms with van der Waals surface area (Å²) in [7, 11) is 1.62. The second-order valence-corrected chi connectivity index (χ2v) is 3.92. The van der Waals surface area contributed by atoms with Crippen LogP contribution in [0.4, 0.5) is 0 Å². The molecule has 4 nitrogen and oxygen atoms in total. The van der Waals surface area contributed by atoms with Crippen molar-refractivity contribution in [3.8, 4) is 5.75 Å². The molecule has 0 bridgehead atoms. The van der Waals surface area contributed by atoms with E-state index < -0.39 is 6.10 Å². The smallest absolute Gasteiger partial charge is 0.338 e. The van der Waals surface area contributed by atoms with Gasteiger partial charge in [0, 0.05) is 0 Å². The number of epoxide rings is 1. The van der Waals surface area contributed by atoms with Gasteiger partial charge in [0.1, 0.15) is 11.9 Å². The lowest BCUT2D eigenvalue weighted by atomic mass is 10.1. The number of ether oxygens (including phenoxy) is 3. The molecule has 92 valence electrons. The average Bonchev–Trinajstić information content (AvgIpc) is 3.16. The molecule has 17 heavy (non-hydrogen) atoms. The summed E-state index contributed by atoms with van der Waals surface area (Å²) in [6.45, 7) is 2.41. The van der Waals surface area contributed by atoms with E-state index in [9.17, 15) is 4.79 Å². The molecule has 1 aromatic rings. The van der Waals surface area contributed by atoms with Crippen LogP contribution >= 0.6 is 0 Å². The van der Waals surface area contributed by atoms with Crippen LogP contribution in [0.15, 0.2) is 24.3 Å². The van der Waals surface area contributed by atoms with E-state index in [1.807, 2.05) is 31.2 Å². The Balaban J connectivity index is 1.90. The van der Waals surface area contributed by atoms with Gasteiger partial charge in [-0.3, -0.25) is 0 Å². The van der Waals surface area contributed by atoms with E-state index in [1.54, 1.807) is 7.11 Å². The SMILES string of the molecule is CCCOC(=O)[C@@H]1O[C@@H]1c1ccc(OC)cc1. The molecule has 1 fully saturated rings. The summed E-state index contributed by atoms with van der Waals surface area (Å²) in [4.78, 5) is 11.5. The third kappa shape index (κ3) is 2.77. The Kier molecular flexibility index (Phi) is 3.64. The Hall–Kier alpha value is -1.55. The molecule has 2 atom stereocenters. The number of benzene rings is 1. The molecule has 0 N–H and O–H groups in total. The predicted octanol–water partition coefficient (Wildman–Crippen LogP) is 2.09. The van der Waals surface area contributed by atoms with E-state index in [4.69, 9.17) is 14.2 Å². The quantitative estimate of drug-likeness (QED) is 0.580. The fourth-order valence-electron chi connectivity index (χ4n) is 1.62. The third-order valence-electron chi connectivity index (χ3n) is 2.62.